The molecule has 1 aliphatic carbocycles. The van der Waals surface area contributed by atoms with E-state index in [4.69, 9.17) is 4.74 Å². The second-order valence-electron chi connectivity index (χ2n) is 6.07. The van der Waals surface area contributed by atoms with Gasteiger partial charge in [0.2, 0.25) is 5.91 Å². The first kappa shape index (κ1) is 18.4. The summed E-state index contributed by atoms with van der Waals surface area (Å²) in [6, 6.07) is 6.92. The van der Waals surface area contributed by atoms with Crippen LogP contribution in [0.3, 0.4) is 0 Å². The number of hydrogen-bond donors (Lipinski definition) is 2. The Morgan fingerprint density at radius 1 is 1.25 bits per heavy atom. The van der Waals surface area contributed by atoms with Crippen molar-refractivity contribution < 1.29 is 22.7 Å². The largest absolute Gasteiger partial charge is 0.497 e. The maximum atomic E-state index is 12.8. The first-order chi connectivity index (χ1) is 11.4. The number of anilines is 1. The maximum absolute atomic E-state index is 12.8. The van der Waals surface area contributed by atoms with Crippen molar-refractivity contribution in [1.29, 1.82) is 0 Å². The number of benzene rings is 1. The number of carbonyl (C=O) groups excluding carboxylic acids is 1. The summed E-state index contributed by atoms with van der Waals surface area (Å²) in [6.45, 7) is 0.424. The summed E-state index contributed by atoms with van der Waals surface area (Å²) in [6.07, 6.45) is -2.68. The van der Waals surface area contributed by atoms with E-state index in [9.17, 15) is 18.0 Å². The van der Waals surface area contributed by atoms with Crippen molar-refractivity contribution in [3.8, 4) is 5.75 Å². The zero-order valence-corrected chi connectivity index (χ0v) is 13.7. The number of rotatable bonds is 6. The molecule has 2 atom stereocenters. The lowest BCUT2D eigenvalue weighted by atomic mass is 9.85. The molecule has 1 saturated carbocycles. The normalized spacial score (nSPS) is 21.2. The number of methoxy groups -OCH3 is 1. The Kier molecular flexibility index (Phi) is 6.34. The van der Waals surface area contributed by atoms with Crippen molar-refractivity contribution in [3.05, 3.63) is 24.3 Å². The molecule has 134 valence electrons. The Morgan fingerprint density at radius 3 is 2.58 bits per heavy atom. The fourth-order valence-electron chi connectivity index (χ4n) is 2.95. The standard InChI is InChI=1S/C17H23F3N2O2/c1-24-15-7-5-13(6-8-15)21-10-9-16(23)22-14-4-2-3-12(11-14)17(18,19)20/h5-8,12,14,21H,2-4,9-11H2,1H3,(H,22,23). The second-order valence-corrected chi connectivity index (χ2v) is 6.07. The van der Waals surface area contributed by atoms with E-state index >= 15 is 0 Å². The third-order valence-corrected chi connectivity index (χ3v) is 4.27. The van der Waals surface area contributed by atoms with Gasteiger partial charge in [0.05, 0.1) is 13.0 Å². The Hall–Kier alpha value is -1.92. The van der Waals surface area contributed by atoms with Gasteiger partial charge in [-0.3, -0.25) is 4.79 Å². The van der Waals surface area contributed by atoms with Gasteiger partial charge in [0.25, 0.3) is 0 Å². The molecule has 2 rings (SSSR count). The lowest BCUT2D eigenvalue weighted by molar-refractivity contribution is -0.184. The number of alkyl halides is 3. The Morgan fingerprint density at radius 2 is 1.96 bits per heavy atom. The van der Waals surface area contributed by atoms with Crippen molar-refractivity contribution in [2.24, 2.45) is 5.92 Å². The summed E-state index contributed by atoms with van der Waals surface area (Å²) >= 11 is 0. The topological polar surface area (TPSA) is 50.4 Å². The van der Waals surface area contributed by atoms with Crippen LogP contribution in [0, 0.1) is 5.92 Å². The van der Waals surface area contributed by atoms with Crippen LogP contribution in [0.1, 0.15) is 32.1 Å². The number of hydrogen-bond acceptors (Lipinski definition) is 3. The zero-order valence-electron chi connectivity index (χ0n) is 13.7. The minimum atomic E-state index is -4.17. The van der Waals surface area contributed by atoms with Crippen molar-refractivity contribution in [2.75, 3.05) is 19.0 Å². The molecule has 1 aliphatic rings. The summed E-state index contributed by atoms with van der Waals surface area (Å²) in [7, 11) is 1.58. The molecule has 2 N–H and O–H groups in total. The lowest BCUT2D eigenvalue weighted by Crippen LogP contribution is -2.41. The van der Waals surface area contributed by atoms with Crippen LogP contribution in [0.4, 0.5) is 18.9 Å². The summed E-state index contributed by atoms with van der Waals surface area (Å²) in [5.41, 5.74) is 0.860. The molecule has 2 unspecified atom stereocenters. The van der Waals surface area contributed by atoms with Gasteiger partial charge in [-0.25, -0.2) is 0 Å². The first-order valence-corrected chi connectivity index (χ1v) is 8.12. The van der Waals surface area contributed by atoms with Crippen LogP contribution in [-0.2, 0) is 4.79 Å². The molecule has 24 heavy (non-hydrogen) atoms. The molecule has 1 fully saturated rings. The highest BCUT2D eigenvalue weighted by Gasteiger charge is 2.42. The van der Waals surface area contributed by atoms with E-state index in [1.165, 1.54) is 0 Å². The SMILES string of the molecule is COc1ccc(NCCC(=O)NC2CCCC(C(F)(F)F)C2)cc1. The van der Waals surface area contributed by atoms with Crippen molar-refractivity contribution in [2.45, 2.75) is 44.3 Å². The molecular weight excluding hydrogens is 321 g/mol. The molecule has 4 nitrogen and oxygen atoms in total. The molecule has 0 bridgehead atoms. The van der Waals surface area contributed by atoms with Crippen LogP contribution in [0.2, 0.25) is 0 Å². The molecule has 1 aromatic rings. The van der Waals surface area contributed by atoms with Gasteiger partial charge in [-0.2, -0.15) is 13.2 Å². The van der Waals surface area contributed by atoms with E-state index < -0.39 is 12.1 Å². The van der Waals surface area contributed by atoms with E-state index in [0.717, 1.165) is 11.4 Å². The first-order valence-electron chi connectivity index (χ1n) is 8.12. The van der Waals surface area contributed by atoms with Crippen LogP contribution in [0.5, 0.6) is 5.75 Å². The van der Waals surface area contributed by atoms with Crippen molar-refractivity contribution >= 4 is 11.6 Å². The molecule has 0 aromatic heterocycles. The van der Waals surface area contributed by atoms with Gasteiger partial charge in [0, 0.05) is 24.7 Å². The highest BCUT2D eigenvalue weighted by atomic mass is 19.4. The molecule has 0 spiro atoms. The second kappa shape index (κ2) is 8.26. The average molecular weight is 344 g/mol. The monoisotopic (exact) mass is 344 g/mol. The summed E-state index contributed by atoms with van der Waals surface area (Å²) in [5, 5.41) is 5.83. The minimum Gasteiger partial charge on any atom is -0.497 e. The van der Waals surface area contributed by atoms with E-state index in [2.05, 4.69) is 10.6 Å². The molecule has 0 aliphatic heterocycles. The van der Waals surface area contributed by atoms with Crippen LogP contribution < -0.4 is 15.4 Å². The van der Waals surface area contributed by atoms with E-state index in [-0.39, 0.29) is 31.2 Å². The highest BCUT2D eigenvalue weighted by molar-refractivity contribution is 5.76. The van der Waals surface area contributed by atoms with Gasteiger partial charge in [0.15, 0.2) is 0 Å². The van der Waals surface area contributed by atoms with Gasteiger partial charge >= 0.3 is 6.18 Å². The van der Waals surface area contributed by atoms with Crippen LogP contribution in [-0.4, -0.2) is 31.8 Å². The lowest BCUT2D eigenvalue weighted by Gasteiger charge is -2.31. The highest BCUT2D eigenvalue weighted by Crippen LogP contribution is 2.37. The van der Waals surface area contributed by atoms with Crippen molar-refractivity contribution in [1.82, 2.24) is 5.32 Å². The maximum Gasteiger partial charge on any atom is 0.391 e. The Labute approximate surface area is 139 Å². The van der Waals surface area contributed by atoms with Gasteiger partial charge in [-0.1, -0.05) is 6.42 Å². The predicted molar refractivity (Wildman–Crippen MR) is 86.0 cm³/mol. The number of halogens is 3. The van der Waals surface area contributed by atoms with Crippen LogP contribution >= 0.6 is 0 Å². The molecule has 1 aromatic carbocycles. The third-order valence-electron chi connectivity index (χ3n) is 4.27. The predicted octanol–water partition coefficient (Wildman–Crippen LogP) is 3.73. The van der Waals surface area contributed by atoms with Gasteiger partial charge < -0.3 is 15.4 Å². The summed E-state index contributed by atoms with van der Waals surface area (Å²) < 4.78 is 43.4. The quantitative estimate of drug-likeness (QED) is 0.827. The van der Waals surface area contributed by atoms with Crippen LogP contribution in [0.25, 0.3) is 0 Å². The number of ether oxygens (including phenoxy) is 1. The van der Waals surface area contributed by atoms with Gasteiger partial charge in [-0.05, 0) is 43.5 Å². The average Bonchev–Trinajstić information content (AvgIpc) is 2.55. The zero-order chi connectivity index (χ0) is 17.6. The van der Waals surface area contributed by atoms with E-state index in [1.807, 2.05) is 24.3 Å². The fourth-order valence-corrected chi connectivity index (χ4v) is 2.95. The Balaban J connectivity index is 1.70. The molecule has 0 radical (unpaired) electrons. The molecule has 0 heterocycles. The van der Waals surface area contributed by atoms with Gasteiger partial charge in [0.1, 0.15) is 5.75 Å². The number of amides is 1. The summed E-state index contributed by atoms with van der Waals surface area (Å²) in [4.78, 5) is 11.9. The minimum absolute atomic E-state index is 0.0127. The van der Waals surface area contributed by atoms with E-state index in [0.29, 0.717) is 19.4 Å². The van der Waals surface area contributed by atoms with E-state index in [1.54, 1.807) is 7.11 Å². The smallest absolute Gasteiger partial charge is 0.391 e. The Bertz CT molecular complexity index is 532. The molecule has 7 heteroatoms. The molecule has 0 saturated heterocycles. The van der Waals surface area contributed by atoms with Gasteiger partial charge in [-0.15, -0.1) is 0 Å². The molecule has 1 amide bonds. The van der Waals surface area contributed by atoms with Crippen LogP contribution in [0.15, 0.2) is 24.3 Å². The number of nitrogens with one attached hydrogen (secondary N) is 2. The summed E-state index contributed by atoms with van der Waals surface area (Å²) in [5.74, 6) is -0.771. The molecular formula is C17H23F3N2O2. The third kappa shape index (κ3) is 5.62. The fraction of sp³-hybridized carbons (Fsp3) is 0.588. The van der Waals surface area contributed by atoms with Crippen molar-refractivity contribution in [3.63, 3.8) is 0 Å². The number of carbonyl (C=O) groups is 1.